The number of carbonyl (C=O) groups is 2. The van der Waals surface area contributed by atoms with E-state index in [1.807, 2.05) is 0 Å². The fourth-order valence-electron chi connectivity index (χ4n) is 2.04. The van der Waals surface area contributed by atoms with Crippen LogP contribution >= 0.6 is 0 Å². The van der Waals surface area contributed by atoms with Crippen molar-refractivity contribution < 1.29 is 19.1 Å². The van der Waals surface area contributed by atoms with Gasteiger partial charge in [-0.05, 0) is 37.6 Å². The molecule has 1 amide bonds. The van der Waals surface area contributed by atoms with E-state index in [1.165, 1.54) is 0 Å². The maximum atomic E-state index is 12.6. The Balaban J connectivity index is 2.71. The zero-order valence-electron chi connectivity index (χ0n) is 13.6. The van der Waals surface area contributed by atoms with Gasteiger partial charge in [0.05, 0.1) is 20.1 Å². The van der Waals surface area contributed by atoms with Crippen molar-refractivity contribution in [1.29, 1.82) is 0 Å². The third-order valence-electron chi connectivity index (χ3n) is 3.30. The number of ether oxygens (including phenoxy) is 2. The number of nitrogens with zero attached hydrogens (tertiary/aromatic N) is 1. The minimum atomic E-state index is -0.272. The molecule has 0 aliphatic rings. The summed E-state index contributed by atoms with van der Waals surface area (Å²) < 4.78 is 10.0. The van der Waals surface area contributed by atoms with Crippen LogP contribution in [0.2, 0.25) is 0 Å². The molecule has 0 heterocycles. The molecule has 1 rings (SSSR count). The van der Waals surface area contributed by atoms with Crippen LogP contribution in [-0.4, -0.2) is 43.6 Å². The van der Waals surface area contributed by atoms with Gasteiger partial charge in [0.2, 0.25) is 0 Å². The maximum Gasteiger partial charge on any atom is 0.307 e. The smallest absolute Gasteiger partial charge is 0.307 e. The van der Waals surface area contributed by atoms with E-state index in [0.717, 1.165) is 12.8 Å². The van der Waals surface area contributed by atoms with Crippen molar-refractivity contribution in [3.63, 3.8) is 0 Å². The van der Waals surface area contributed by atoms with E-state index in [4.69, 9.17) is 9.47 Å². The Labute approximate surface area is 132 Å². The van der Waals surface area contributed by atoms with Crippen LogP contribution in [-0.2, 0) is 9.53 Å². The van der Waals surface area contributed by atoms with Crippen LogP contribution in [0.4, 0.5) is 0 Å². The van der Waals surface area contributed by atoms with E-state index in [-0.39, 0.29) is 18.3 Å². The second-order valence-corrected chi connectivity index (χ2v) is 4.93. The Morgan fingerprint density at radius 1 is 1.09 bits per heavy atom. The Hall–Kier alpha value is -2.04. The molecule has 0 aliphatic carbocycles. The number of unbranched alkanes of at least 4 members (excludes halogenated alkanes) is 1. The molecular formula is C17H25NO4. The Bertz CT molecular complexity index is 470. The second kappa shape index (κ2) is 9.82. The van der Waals surface area contributed by atoms with E-state index in [2.05, 4.69) is 6.92 Å². The fourth-order valence-corrected chi connectivity index (χ4v) is 2.04. The van der Waals surface area contributed by atoms with Gasteiger partial charge < -0.3 is 14.4 Å². The molecule has 0 saturated heterocycles. The number of benzene rings is 1. The van der Waals surface area contributed by atoms with Crippen LogP contribution in [0.15, 0.2) is 24.3 Å². The van der Waals surface area contributed by atoms with Gasteiger partial charge in [0.15, 0.2) is 0 Å². The topological polar surface area (TPSA) is 55.8 Å². The standard InChI is InChI=1S/C17H25NO4/c1-4-6-12-18(13-11-16(19)22-5-2)17(20)14-7-9-15(21-3)10-8-14/h7-10H,4-6,11-13H2,1-3H3. The van der Waals surface area contributed by atoms with Gasteiger partial charge in [0, 0.05) is 18.7 Å². The summed E-state index contributed by atoms with van der Waals surface area (Å²) in [6, 6.07) is 7.00. The molecule has 0 aromatic heterocycles. The predicted molar refractivity (Wildman–Crippen MR) is 85.1 cm³/mol. The molecule has 122 valence electrons. The van der Waals surface area contributed by atoms with Gasteiger partial charge >= 0.3 is 5.97 Å². The second-order valence-electron chi connectivity index (χ2n) is 4.93. The summed E-state index contributed by atoms with van der Waals surface area (Å²) in [6.07, 6.45) is 2.12. The first-order valence-electron chi connectivity index (χ1n) is 7.71. The normalized spacial score (nSPS) is 10.1. The number of methoxy groups -OCH3 is 1. The zero-order chi connectivity index (χ0) is 16.4. The third-order valence-corrected chi connectivity index (χ3v) is 3.30. The number of esters is 1. The largest absolute Gasteiger partial charge is 0.497 e. The van der Waals surface area contributed by atoms with Crippen LogP contribution in [0.5, 0.6) is 5.75 Å². The number of rotatable bonds is 9. The van der Waals surface area contributed by atoms with Gasteiger partial charge in [-0.1, -0.05) is 13.3 Å². The molecule has 0 radical (unpaired) electrons. The van der Waals surface area contributed by atoms with Crippen molar-refractivity contribution >= 4 is 11.9 Å². The van der Waals surface area contributed by atoms with Gasteiger partial charge in [-0.25, -0.2) is 0 Å². The van der Waals surface area contributed by atoms with Gasteiger partial charge in [0.25, 0.3) is 5.91 Å². The van der Waals surface area contributed by atoms with Gasteiger partial charge in [-0.2, -0.15) is 0 Å². The summed E-state index contributed by atoms with van der Waals surface area (Å²) >= 11 is 0. The average molecular weight is 307 g/mol. The Morgan fingerprint density at radius 2 is 1.77 bits per heavy atom. The summed E-state index contributed by atoms with van der Waals surface area (Å²) in [7, 11) is 1.59. The first kappa shape index (κ1) is 18.0. The number of carbonyl (C=O) groups excluding carboxylic acids is 2. The highest BCUT2D eigenvalue weighted by Crippen LogP contribution is 2.14. The molecular weight excluding hydrogens is 282 g/mol. The van der Waals surface area contributed by atoms with Crippen LogP contribution in [0.25, 0.3) is 0 Å². The average Bonchev–Trinajstić information content (AvgIpc) is 2.54. The van der Waals surface area contributed by atoms with Gasteiger partial charge in [0.1, 0.15) is 5.75 Å². The van der Waals surface area contributed by atoms with Crippen LogP contribution in [0, 0.1) is 0 Å². The summed E-state index contributed by atoms with van der Waals surface area (Å²) in [5.41, 5.74) is 0.598. The molecule has 1 aromatic carbocycles. The highest BCUT2D eigenvalue weighted by atomic mass is 16.5. The maximum absolute atomic E-state index is 12.6. The van der Waals surface area contributed by atoms with E-state index in [0.29, 0.717) is 31.0 Å². The van der Waals surface area contributed by atoms with Crippen molar-refractivity contribution in [3.8, 4) is 5.75 Å². The lowest BCUT2D eigenvalue weighted by Crippen LogP contribution is -2.34. The molecule has 0 fully saturated rings. The van der Waals surface area contributed by atoms with Crippen LogP contribution in [0.1, 0.15) is 43.5 Å². The van der Waals surface area contributed by atoms with E-state index >= 15 is 0 Å². The first-order chi connectivity index (χ1) is 10.6. The van der Waals surface area contributed by atoms with Crippen molar-refractivity contribution in [2.45, 2.75) is 33.1 Å². The van der Waals surface area contributed by atoms with E-state index in [1.54, 1.807) is 43.2 Å². The molecule has 0 atom stereocenters. The van der Waals surface area contributed by atoms with Crippen molar-refractivity contribution in [2.75, 3.05) is 26.8 Å². The molecule has 0 saturated carbocycles. The highest BCUT2D eigenvalue weighted by molar-refractivity contribution is 5.94. The monoisotopic (exact) mass is 307 g/mol. The SMILES string of the molecule is CCCCN(CCC(=O)OCC)C(=O)c1ccc(OC)cc1. The summed E-state index contributed by atoms with van der Waals surface area (Å²) in [6.45, 7) is 5.22. The number of amides is 1. The molecule has 1 aromatic rings. The van der Waals surface area contributed by atoms with E-state index < -0.39 is 0 Å². The molecule has 0 bridgehead atoms. The van der Waals surface area contributed by atoms with Gasteiger partial charge in [-0.3, -0.25) is 9.59 Å². The lowest BCUT2D eigenvalue weighted by molar-refractivity contribution is -0.143. The minimum Gasteiger partial charge on any atom is -0.497 e. The molecule has 0 unspecified atom stereocenters. The van der Waals surface area contributed by atoms with E-state index in [9.17, 15) is 9.59 Å². The Kier molecular flexibility index (Phi) is 8.04. The highest BCUT2D eigenvalue weighted by Gasteiger charge is 2.17. The summed E-state index contributed by atoms with van der Waals surface area (Å²) in [5, 5.41) is 0. The molecule has 0 spiro atoms. The molecule has 0 aliphatic heterocycles. The fraction of sp³-hybridized carbons (Fsp3) is 0.529. The minimum absolute atomic E-state index is 0.0691. The van der Waals surface area contributed by atoms with Crippen molar-refractivity contribution in [3.05, 3.63) is 29.8 Å². The number of hydrogen-bond donors (Lipinski definition) is 0. The third kappa shape index (κ3) is 5.76. The lowest BCUT2D eigenvalue weighted by Gasteiger charge is -2.22. The molecule has 0 N–H and O–H groups in total. The van der Waals surface area contributed by atoms with Crippen LogP contribution in [0.3, 0.4) is 0 Å². The number of hydrogen-bond acceptors (Lipinski definition) is 4. The molecule has 5 heteroatoms. The van der Waals surface area contributed by atoms with Gasteiger partial charge in [-0.15, -0.1) is 0 Å². The predicted octanol–water partition coefficient (Wildman–Crippen LogP) is 2.89. The molecule has 5 nitrogen and oxygen atoms in total. The van der Waals surface area contributed by atoms with Crippen molar-refractivity contribution in [2.24, 2.45) is 0 Å². The summed E-state index contributed by atoms with van der Waals surface area (Å²) in [5.74, 6) is 0.370. The van der Waals surface area contributed by atoms with Crippen LogP contribution < -0.4 is 4.74 Å². The quantitative estimate of drug-likeness (QED) is 0.658. The Morgan fingerprint density at radius 3 is 2.32 bits per heavy atom. The zero-order valence-corrected chi connectivity index (χ0v) is 13.6. The van der Waals surface area contributed by atoms with Crippen molar-refractivity contribution in [1.82, 2.24) is 4.90 Å². The first-order valence-corrected chi connectivity index (χ1v) is 7.71. The lowest BCUT2D eigenvalue weighted by atomic mass is 10.1. The summed E-state index contributed by atoms with van der Waals surface area (Å²) in [4.78, 5) is 25.8. The molecule has 22 heavy (non-hydrogen) atoms.